The largest absolute Gasteiger partial charge is 0.444 e. The highest BCUT2D eigenvalue weighted by molar-refractivity contribution is 6.29. The molecule has 0 saturated carbocycles. The van der Waals surface area contributed by atoms with Crippen LogP contribution in [0.5, 0.6) is 0 Å². The Hall–Kier alpha value is -1.62. The second kappa shape index (κ2) is 5.23. The third-order valence-corrected chi connectivity index (χ3v) is 4.42. The van der Waals surface area contributed by atoms with Gasteiger partial charge in [0.05, 0.1) is 6.04 Å². The number of Topliss-reactive ketones (excluding diaryl/α,β-unsaturated/α-hetero) is 1. The molecule has 2 fully saturated rings. The second-order valence-electron chi connectivity index (χ2n) is 6.90. The van der Waals surface area contributed by atoms with Crippen molar-refractivity contribution < 1.29 is 14.3 Å². The van der Waals surface area contributed by atoms with Crippen molar-refractivity contribution in [2.75, 3.05) is 0 Å². The third kappa shape index (κ3) is 2.70. The van der Waals surface area contributed by atoms with E-state index in [1.807, 2.05) is 26.8 Å². The summed E-state index contributed by atoms with van der Waals surface area (Å²) in [6.07, 6.45) is 2.34. The number of nitrogens with zero attached hydrogens (tertiary/aromatic N) is 2. The van der Waals surface area contributed by atoms with Gasteiger partial charge in [-0.2, -0.15) is 0 Å². The van der Waals surface area contributed by atoms with E-state index in [-0.39, 0.29) is 23.8 Å². The van der Waals surface area contributed by atoms with Gasteiger partial charge in [0, 0.05) is 24.6 Å². The van der Waals surface area contributed by atoms with Crippen LogP contribution in [-0.2, 0) is 9.53 Å². The summed E-state index contributed by atoms with van der Waals surface area (Å²) in [5, 5.41) is 0.437. The first-order valence-corrected chi connectivity index (χ1v) is 7.79. The Morgan fingerprint density at radius 3 is 2.73 bits per heavy atom. The second-order valence-corrected chi connectivity index (χ2v) is 7.28. The molecule has 6 heteroatoms. The van der Waals surface area contributed by atoms with Crippen molar-refractivity contribution in [2.45, 2.75) is 57.2 Å². The first-order valence-electron chi connectivity index (χ1n) is 7.42. The fourth-order valence-electron chi connectivity index (χ4n) is 3.35. The SMILES string of the molecule is CC(C)(C)OC(=O)N1[C@@H]2C[C@H](c3ccc(Cl)nc3)[C@H]1CC2=O. The molecule has 3 rings (SSSR count). The summed E-state index contributed by atoms with van der Waals surface area (Å²) in [7, 11) is 0. The van der Waals surface area contributed by atoms with Gasteiger partial charge in [0.25, 0.3) is 0 Å². The first kappa shape index (κ1) is 15.3. The maximum atomic E-state index is 12.4. The Labute approximate surface area is 134 Å². The lowest BCUT2D eigenvalue weighted by atomic mass is 9.84. The monoisotopic (exact) mass is 322 g/mol. The number of hydrogen-bond donors (Lipinski definition) is 0. The van der Waals surface area contributed by atoms with Crippen LogP contribution in [0.4, 0.5) is 4.79 Å². The van der Waals surface area contributed by atoms with Crippen LogP contribution in [0.2, 0.25) is 5.15 Å². The van der Waals surface area contributed by atoms with E-state index in [9.17, 15) is 9.59 Å². The van der Waals surface area contributed by atoms with Gasteiger partial charge >= 0.3 is 6.09 Å². The zero-order valence-electron chi connectivity index (χ0n) is 12.9. The van der Waals surface area contributed by atoms with Gasteiger partial charge in [-0.3, -0.25) is 9.69 Å². The molecule has 0 radical (unpaired) electrons. The number of carbonyl (C=O) groups excluding carboxylic acids is 2. The number of aromatic nitrogens is 1. The fraction of sp³-hybridized carbons (Fsp3) is 0.562. The molecule has 0 aromatic carbocycles. The summed E-state index contributed by atoms with van der Waals surface area (Å²) < 4.78 is 5.45. The molecule has 5 nitrogen and oxygen atoms in total. The number of ketones is 1. The lowest BCUT2D eigenvalue weighted by Gasteiger charge is -2.27. The van der Waals surface area contributed by atoms with Gasteiger partial charge in [-0.1, -0.05) is 17.7 Å². The number of fused-ring (bicyclic) bond motifs is 2. The fourth-order valence-corrected chi connectivity index (χ4v) is 3.46. The molecule has 2 aliphatic rings. The van der Waals surface area contributed by atoms with Gasteiger partial charge in [-0.15, -0.1) is 0 Å². The quantitative estimate of drug-likeness (QED) is 0.745. The molecule has 0 unspecified atom stereocenters. The third-order valence-electron chi connectivity index (χ3n) is 4.20. The van der Waals surface area contributed by atoms with E-state index in [4.69, 9.17) is 16.3 Å². The molecule has 0 spiro atoms. The van der Waals surface area contributed by atoms with Crippen molar-refractivity contribution in [2.24, 2.45) is 0 Å². The van der Waals surface area contributed by atoms with Crippen LogP contribution in [0, 0.1) is 0 Å². The smallest absolute Gasteiger partial charge is 0.411 e. The zero-order valence-corrected chi connectivity index (χ0v) is 13.6. The minimum atomic E-state index is -0.570. The Bertz CT molecular complexity index is 609. The summed E-state index contributed by atoms with van der Waals surface area (Å²) in [6.45, 7) is 5.47. The van der Waals surface area contributed by atoms with Crippen molar-refractivity contribution in [1.82, 2.24) is 9.88 Å². The minimum absolute atomic E-state index is 0.111. The van der Waals surface area contributed by atoms with Crippen LogP contribution in [0.1, 0.15) is 45.1 Å². The average Bonchev–Trinajstić information content (AvgIpc) is 2.91. The summed E-state index contributed by atoms with van der Waals surface area (Å²) in [6, 6.07) is 3.14. The van der Waals surface area contributed by atoms with Gasteiger partial charge in [-0.25, -0.2) is 9.78 Å². The van der Waals surface area contributed by atoms with E-state index in [2.05, 4.69) is 4.98 Å². The van der Waals surface area contributed by atoms with E-state index in [0.717, 1.165) is 5.56 Å². The summed E-state index contributed by atoms with van der Waals surface area (Å²) >= 11 is 5.82. The molecule has 1 amide bonds. The molecule has 3 heterocycles. The minimum Gasteiger partial charge on any atom is -0.444 e. The predicted octanol–water partition coefficient (Wildman–Crippen LogP) is 3.17. The molecular weight excluding hydrogens is 304 g/mol. The topological polar surface area (TPSA) is 59.5 Å². The number of halogens is 1. The molecule has 1 aromatic heterocycles. The van der Waals surface area contributed by atoms with Crippen molar-refractivity contribution in [3.8, 4) is 0 Å². The Balaban J connectivity index is 1.83. The standard InChI is InChI=1S/C16H19ClN2O3/c1-16(2,3)22-15(21)19-11-7-13(20)12(19)6-10(11)9-4-5-14(17)18-8-9/h4-5,8,10-12H,6-7H2,1-3H3/t10-,11-,12-/m1/s1. The summed E-state index contributed by atoms with van der Waals surface area (Å²) in [5.74, 6) is 0.231. The molecule has 2 saturated heterocycles. The summed E-state index contributed by atoms with van der Waals surface area (Å²) in [4.78, 5) is 30.2. The van der Waals surface area contributed by atoms with E-state index in [1.165, 1.54) is 0 Å². The molecule has 118 valence electrons. The summed E-state index contributed by atoms with van der Waals surface area (Å²) in [5.41, 5.74) is 0.442. The van der Waals surface area contributed by atoms with Gasteiger partial charge in [0.2, 0.25) is 0 Å². The van der Waals surface area contributed by atoms with Crippen LogP contribution in [0.25, 0.3) is 0 Å². The number of amides is 1. The van der Waals surface area contributed by atoms with Crippen LogP contribution in [-0.4, -0.2) is 39.4 Å². The van der Waals surface area contributed by atoms with Crippen LogP contribution in [0.3, 0.4) is 0 Å². The highest BCUT2D eigenvalue weighted by Crippen LogP contribution is 2.45. The van der Waals surface area contributed by atoms with E-state index in [0.29, 0.717) is 18.0 Å². The highest BCUT2D eigenvalue weighted by atomic mass is 35.5. The van der Waals surface area contributed by atoms with Gasteiger partial charge in [0.15, 0.2) is 5.78 Å². The number of carbonyl (C=O) groups is 2. The predicted molar refractivity (Wildman–Crippen MR) is 81.9 cm³/mol. The number of hydrogen-bond acceptors (Lipinski definition) is 4. The molecule has 0 N–H and O–H groups in total. The van der Waals surface area contributed by atoms with Crippen molar-refractivity contribution in [1.29, 1.82) is 0 Å². The molecule has 1 aromatic rings. The van der Waals surface area contributed by atoms with Gasteiger partial charge < -0.3 is 4.74 Å². The first-order chi connectivity index (χ1) is 10.3. The highest BCUT2D eigenvalue weighted by Gasteiger charge is 2.54. The number of rotatable bonds is 1. The number of ether oxygens (including phenoxy) is 1. The molecule has 22 heavy (non-hydrogen) atoms. The maximum absolute atomic E-state index is 12.4. The molecule has 2 bridgehead atoms. The Kier molecular flexibility index (Phi) is 3.63. The van der Waals surface area contributed by atoms with E-state index < -0.39 is 11.7 Å². The van der Waals surface area contributed by atoms with Crippen LogP contribution >= 0.6 is 11.6 Å². The lowest BCUT2D eigenvalue weighted by molar-refractivity contribution is -0.120. The molecule has 3 atom stereocenters. The lowest BCUT2D eigenvalue weighted by Crippen LogP contribution is -2.41. The van der Waals surface area contributed by atoms with Crippen molar-refractivity contribution in [3.05, 3.63) is 29.0 Å². The molecule has 2 aliphatic heterocycles. The van der Waals surface area contributed by atoms with Crippen molar-refractivity contribution in [3.63, 3.8) is 0 Å². The number of pyridine rings is 1. The Morgan fingerprint density at radius 1 is 1.41 bits per heavy atom. The van der Waals surface area contributed by atoms with E-state index in [1.54, 1.807) is 17.2 Å². The van der Waals surface area contributed by atoms with E-state index >= 15 is 0 Å². The molecular formula is C16H19ClN2O3. The average molecular weight is 323 g/mol. The van der Waals surface area contributed by atoms with Gasteiger partial charge in [0.1, 0.15) is 10.8 Å². The zero-order chi connectivity index (χ0) is 16.1. The maximum Gasteiger partial charge on any atom is 0.411 e. The van der Waals surface area contributed by atoms with Gasteiger partial charge in [-0.05, 0) is 38.8 Å². The Morgan fingerprint density at radius 2 is 2.14 bits per heavy atom. The normalized spacial score (nSPS) is 27.4. The van der Waals surface area contributed by atoms with Crippen LogP contribution in [0.15, 0.2) is 18.3 Å². The van der Waals surface area contributed by atoms with Crippen molar-refractivity contribution >= 4 is 23.5 Å². The molecule has 0 aliphatic carbocycles. The van der Waals surface area contributed by atoms with Crippen LogP contribution < -0.4 is 0 Å².